The second kappa shape index (κ2) is 6.77. The lowest BCUT2D eigenvalue weighted by molar-refractivity contribution is 0.319. The molecule has 1 aromatic heterocycles. The minimum Gasteiger partial charge on any atom is -0.506 e. The molecule has 3 aromatic rings. The van der Waals surface area contributed by atoms with Crippen molar-refractivity contribution < 1.29 is 10.3 Å². The maximum absolute atomic E-state index is 10.4. The number of hydrogen-bond acceptors (Lipinski definition) is 5. The van der Waals surface area contributed by atoms with Crippen LogP contribution in [0.15, 0.2) is 58.3 Å². The van der Waals surface area contributed by atoms with Gasteiger partial charge in [-0.15, -0.1) is 0 Å². The second-order valence-electron chi connectivity index (χ2n) is 6.44. The summed E-state index contributed by atoms with van der Waals surface area (Å²) in [5.41, 5.74) is 2.15. The summed E-state index contributed by atoms with van der Waals surface area (Å²) < 4.78 is 0.821. The second-order valence-corrected chi connectivity index (χ2v) is 7.36. The van der Waals surface area contributed by atoms with Crippen molar-refractivity contribution in [2.45, 2.75) is 19.3 Å². The number of halogens is 1. The maximum atomic E-state index is 10.4. The fourth-order valence-corrected chi connectivity index (χ4v) is 3.13. The summed E-state index contributed by atoms with van der Waals surface area (Å²) in [4.78, 5) is 4.21. The molecule has 2 N–H and O–H groups in total. The van der Waals surface area contributed by atoms with Gasteiger partial charge in [-0.2, -0.15) is 5.26 Å². The van der Waals surface area contributed by atoms with Crippen molar-refractivity contribution in [3.05, 3.63) is 69.8 Å². The van der Waals surface area contributed by atoms with E-state index < -0.39 is 5.41 Å². The molecule has 0 aliphatic rings. The molecule has 6 heteroatoms. The van der Waals surface area contributed by atoms with Crippen LogP contribution in [0.2, 0.25) is 0 Å². The van der Waals surface area contributed by atoms with Crippen LogP contribution >= 0.6 is 15.9 Å². The van der Waals surface area contributed by atoms with Crippen molar-refractivity contribution >= 4 is 32.5 Å². The first-order valence-corrected chi connectivity index (χ1v) is 8.68. The predicted molar refractivity (Wildman–Crippen MR) is 104 cm³/mol. The van der Waals surface area contributed by atoms with Crippen molar-refractivity contribution in [1.82, 2.24) is 4.98 Å². The lowest BCUT2D eigenvalue weighted by atomic mass is 9.85. The largest absolute Gasteiger partial charge is 0.506 e. The third kappa shape index (κ3) is 3.14. The first-order chi connectivity index (χ1) is 12.4. The number of pyridine rings is 1. The number of hydrogen-bond donors (Lipinski definition) is 2. The van der Waals surface area contributed by atoms with E-state index in [-0.39, 0.29) is 11.5 Å². The number of fused-ring (bicyclic) bond motifs is 1. The fourth-order valence-electron chi connectivity index (χ4n) is 2.76. The van der Waals surface area contributed by atoms with Crippen molar-refractivity contribution in [1.29, 1.82) is 5.26 Å². The first-order valence-electron chi connectivity index (χ1n) is 7.89. The molecule has 0 unspecified atom stereocenters. The number of rotatable bonds is 3. The highest BCUT2D eigenvalue weighted by Gasteiger charge is 2.21. The van der Waals surface area contributed by atoms with E-state index in [4.69, 9.17) is 0 Å². The molecule has 0 radical (unpaired) electrons. The van der Waals surface area contributed by atoms with Crippen LogP contribution in [0.4, 0.5) is 0 Å². The average Bonchev–Trinajstić information content (AvgIpc) is 2.64. The van der Waals surface area contributed by atoms with E-state index >= 15 is 0 Å². The summed E-state index contributed by atoms with van der Waals surface area (Å²) >= 11 is 3.42. The first kappa shape index (κ1) is 17.9. The number of nitriles is 1. The van der Waals surface area contributed by atoms with E-state index in [0.29, 0.717) is 22.0 Å². The molecular weight excluding hydrogens is 394 g/mol. The van der Waals surface area contributed by atoms with Crippen molar-refractivity contribution in [2.24, 2.45) is 5.16 Å². The Morgan fingerprint density at radius 1 is 1.19 bits per heavy atom. The van der Waals surface area contributed by atoms with Gasteiger partial charge < -0.3 is 10.3 Å². The van der Waals surface area contributed by atoms with Gasteiger partial charge in [-0.3, -0.25) is 4.98 Å². The van der Waals surface area contributed by atoms with Crippen LogP contribution in [0.3, 0.4) is 0 Å². The maximum Gasteiger partial charge on any atom is 0.144 e. The number of nitrogens with zero attached hydrogens (tertiary/aromatic N) is 3. The zero-order valence-electron chi connectivity index (χ0n) is 14.2. The Hall–Kier alpha value is -2.91. The molecule has 0 saturated heterocycles. The molecule has 0 spiro atoms. The lowest BCUT2D eigenvalue weighted by Crippen LogP contribution is -2.14. The van der Waals surface area contributed by atoms with E-state index in [1.807, 2.05) is 44.2 Å². The standard InChI is InChI=1S/C20H16BrN3O2/c1-20(2,11-22)13-5-3-12(4-6-13)19(24-26)18-15-9-14(21)7-8-16(15)23-10-17(18)25/h3-10,25-26H,1-2H3. The number of oxime groups is 1. The summed E-state index contributed by atoms with van der Waals surface area (Å²) in [6.45, 7) is 3.67. The predicted octanol–water partition coefficient (Wildman–Crippen LogP) is 4.73. The third-order valence-electron chi connectivity index (χ3n) is 4.31. The highest BCUT2D eigenvalue weighted by molar-refractivity contribution is 9.10. The van der Waals surface area contributed by atoms with E-state index in [2.05, 4.69) is 32.1 Å². The van der Waals surface area contributed by atoms with Crippen LogP contribution in [-0.2, 0) is 5.41 Å². The zero-order chi connectivity index (χ0) is 18.9. The summed E-state index contributed by atoms with van der Waals surface area (Å²) in [6.07, 6.45) is 1.34. The van der Waals surface area contributed by atoms with Gasteiger partial charge in [0.2, 0.25) is 0 Å². The monoisotopic (exact) mass is 409 g/mol. The fraction of sp³-hybridized carbons (Fsp3) is 0.150. The van der Waals surface area contributed by atoms with Crippen LogP contribution in [-0.4, -0.2) is 21.0 Å². The van der Waals surface area contributed by atoms with Crippen LogP contribution < -0.4 is 0 Å². The summed E-state index contributed by atoms with van der Waals surface area (Å²) in [6, 6.07) is 14.9. The molecule has 130 valence electrons. The minimum absolute atomic E-state index is 0.0789. The molecule has 0 aliphatic carbocycles. The van der Waals surface area contributed by atoms with E-state index in [1.165, 1.54) is 6.20 Å². The zero-order valence-corrected chi connectivity index (χ0v) is 15.8. The van der Waals surface area contributed by atoms with Gasteiger partial charge in [0.1, 0.15) is 11.5 Å². The topological polar surface area (TPSA) is 89.5 Å². The normalized spacial score (nSPS) is 12.2. The van der Waals surface area contributed by atoms with Gasteiger partial charge in [0, 0.05) is 15.4 Å². The van der Waals surface area contributed by atoms with Gasteiger partial charge in [-0.1, -0.05) is 45.4 Å². The molecule has 5 nitrogen and oxygen atoms in total. The molecule has 0 aliphatic heterocycles. The van der Waals surface area contributed by atoms with Crippen molar-refractivity contribution in [3.8, 4) is 11.8 Å². The van der Waals surface area contributed by atoms with Gasteiger partial charge in [0.05, 0.1) is 28.8 Å². The van der Waals surface area contributed by atoms with Gasteiger partial charge in [-0.05, 0) is 37.6 Å². The molecule has 0 amide bonds. The Kier molecular flexibility index (Phi) is 4.66. The number of benzene rings is 2. The number of aromatic nitrogens is 1. The van der Waals surface area contributed by atoms with Crippen LogP contribution in [0.25, 0.3) is 10.9 Å². The smallest absolute Gasteiger partial charge is 0.144 e. The quantitative estimate of drug-likeness (QED) is 0.371. The Bertz CT molecular complexity index is 1050. The molecule has 1 heterocycles. The number of aromatic hydroxyl groups is 1. The van der Waals surface area contributed by atoms with Crippen LogP contribution in [0.5, 0.6) is 5.75 Å². The summed E-state index contributed by atoms with van der Waals surface area (Å²) in [5.74, 6) is -0.0789. The summed E-state index contributed by atoms with van der Waals surface area (Å²) in [5, 5.41) is 33.4. The van der Waals surface area contributed by atoms with E-state index in [9.17, 15) is 15.6 Å². The molecule has 0 bridgehead atoms. The average molecular weight is 410 g/mol. The molecule has 0 fully saturated rings. The molecular formula is C20H16BrN3O2. The molecule has 0 atom stereocenters. The molecule has 3 rings (SSSR count). The third-order valence-corrected chi connectivity index (χ3v) is 4.80. The van der Waals surface area contributed by atoms with Crippen LogP contribution in [0.1, 0.15) is 30.5 Å². The van der Waals surface area contributed by atoms with Gasteiger partial charge in [0.15, 0.2) is 0 Å². The Labute approximate surface area is 159 Å². The van der Waals surface area contributed by atoms with E-state index in [1.54, 1.807) is 12.1 Å². The Balaban J connectivity index is 2.17. The van der Waals surface area contributed by atoms with Crippen molar-refractivity contribution in [2.75, 3.05) is 0 Å². The molecule has 26 heavy (non-hydrogen) atoms. The van der Waals surface area contributed by atoms with Gasteiger partial charge >= 0.3 is 0 Å². The highest BCUT2D eigenvalue weighted by Crippen LogP contribution is 2.31. The SMILES string of the molecule is CC(C)(C#N)c1ccc(C(=NO)c2c(O)cnc3ccc(Br)cc23)cc1. The van der Waals surface area contributed by atoms with Crippen LogP contribution in [0, 0.1) is 11.3 Å². The molecule has 0 saturated carbocycles. The lowest BCUT2D eigenvalue weighted by Gasteiger charge is -2.16. The minimum atomic E-state index is -0.620. The molecule has 2 aromatic carbocycles. The highest BCUT2D eigenvalue weighted by atomic mass is 79.9. The van der Waals surface area contributed by atoms with E-state index in [0.717, 1.165) is 10.0 Å². The van der Waals surface area contributed by atoms with Crippen molar-refractivity contribution in [3.63, 3.8) is 0 Å². The summed E-state index contributed by atoms with van der Waals surface area (Å²) in [7, 11) is 0. The Morgan fingerprint density at radius 3 is 2.50 bits per heavy atom. The Morgan fingerprint density at radius 2 is 1.88 bits per heavy atom. The van der Waals surface area contributed by atoms with Gasteiger partial charge in [-0.25, -0.2) is 0 Å². The van der Waals surface area contributed by atoms with Gasteiger partial charge in [0.25, 0.3) is 0 Å².